The average Bonchev–Trinajstić information content (AvgIpc) is 2.57. The number of rotatable bonds is 3. The normalized spacial score (nSPS) is 21.7. The molecule has 5 heteroatoms. The lowest BCUT2D eigenvalue weighted by Gasteiger charge is -2.09. The van der Waals surface area contributed by atoms with Crippen LogP contribution in [0.15, 0.2) is 24.3 Å². The number of sulfone groups is 1. The zero-order chi connectivity index (χ0) is 13.2. The maximum absolute atomic E-state index is 11.8. The molecule has 1 heterocycles. The maximum Gasteiger partial charge on any atom is 0.224 e. The van der Waals surface area contributed by atoms with E-state index in [1.165, 1.54) is 0 Å². The summed E-state index contributed by atoms with van der Waals surface area (Å²) in [5.74, 6) is 0.228. The molecule has 0 spiro atoms. The van der Waals surface area contributed by atoms with E-state index in [1.807, 2.05) is 31.2 Å². The summed E-state index contributed by atoms with van der Waals surface area (Å²) in [7, 11) is -2.90. The summed E-state index contributed by atoms with van der Waals surface area (Å²) >= 11 is 0. The van der Waals surface area contributed by atoms with Crippen LogP contribution >= 0.6 is 0 Å². The second-order valence-corrected chi connectivity index (χ2v) is 7.12. The topological polar surface area (TPSA) is 63.2 Å². The molecule has 0 aliphatic carbocycles. The molecule has 1 atom stereocenters. The molecule has 0 aromatic heterocycles. The van der Waals surface area contributed by atoms with Gasteiger partial charge in [0, 0.05) is 12.1 Å². The molecule has 98 valence electrons. The van der Waals surface area contributed by atoms with E-state index in [0.29, 0.717) is 6.42 Å². The van der Waals surface area contributed by atoms with Crippen molar-refractivity contribution >= 4 is 21.4 Å². The number of hydrogen-bond donors (Lipinski definition) is 1. The van der Waals surface area contributed by atoms with Crippen LogP contribution in [0.2, 0.25) is 0 Å². The molecule has 1 N–H and O–H groups in total. The molecule has 1 aromatic carbocycles. The van der Waals surface area contributed by atoms with Crippen molar-refractivity contribution in [2.75, 3.05) is 16.8 Å². The van der Waals surface area contributed by atoms with Gasteiger partial charge in [-0.25, -0.2) is 8.42 Å². The van der Waals surface area contributed by atoms with Gasteiger partial charge in [-0.1, -0.05) is 12.1 Å². The van der Waals surface area contributed by atoms with Crippen molar-refractivity contribution in [3.8, 4) is 0 Å². The molecule has 1 fully saturated rings. The van der Waals surface area contributed by atoms with Crippen LogP contribution in [0.25, 0.3) is 0 Å². The first-order valence-electron chi connectivity index (χ1n) is 6.01. The number of carbonyl (C=O) groups is 1. The number of nitrogens with one attached hydrogen (secondary N) is 1. The Bertz CT molecular complexity index is 551. The molecular weight excluding hydrogens is 250 g/mol. The first-order valence-corrected chi connectivity index (χ1v) is 7.84. The number of benzene rings is 1. The number of amides is 1. The number of aryl methyl sites for hydroxylation is 1. The predicted octanol–water partition coefficient (Wildman–Crippen LogP) is 1.76. The molecular formula is C13H17NO3S. The average molecular weight is 267 g/mol. The van der Waals surface area contributed by atoms with Crippen molar-refractivity contribution in [1.82, 2.24) is 0 Å². The molecule has 1 saturated heterocycles. The fraction of sp³-hybridized carbons (Fsp3) is 0.462. The van der Waals surface area contributed by atoms with Gasteiger partial charge in [-0.2, -0.15) is 0 Å². The minimum Gasteiger partial charge on any atom is -0.326 e. The fourth-order valence-corrected chi connectivity index (χ4v) is 4.09. The van der Waals surface area contributed by atoms with Crippen LogP contribution in [0.1, 0.15) is 18.4 Å². The van der Waals surface area contributed by atoms with Crippen LogP contribution in [0, 0.1) is 12.8 Å². The van der Waals surface area contributed by atoms with Crippen molar-refractivity contribution in [2.45, 2.75) is 19.8 Å². The quantitative estimate of drug-likeness (QED) is 0.907. The Hall–Kier alpha value is -1.36. The fourth-order valence-electron chi connectivity index (χ4n) is 2.23. The Morgan fingerprint density at radius 3 is 2.83 bits per heavy atom. The molecule has 4 nitrogen and oxygen atoms in total. The van der Waals surface area contributed by atoms with Gasteiger partial charge < -0.3 is 5.32 Å². The maximum atomic E-state index is 11.8. The van der Waals surface area contributed by atoms with E-state index < -0.39 is 9.84 Å². The van der Waals surface area contributed by atoms with Crippen molar-refractivity contribution in [2.24, 2.45) is 5.92 Å². The zero-order valence-electron chi connectivity index (χ0n) is 10.3. The van der Waals surface area contributed by atoms with Gasteiger partial charge in [0.15, 0.2) is 9.84 Å². The Morgan fingerprint density at radius 1 is 1.44 bits per heavy atom. The molecule has 1 aliphatic heterocycles. The van der Waals surface area contributed by atoms with Crippen LogP contribution in [0.3, 0.4) is 0 Å². The van der Waals surface area contributed by atoms with Gasteiger partial charge in [-0.15, -0.1) is 0 Å². The second kappa shape index (κ2) is 5.10. The lowest BCUT2D eigenvalue weighted by Crippen LogP contribution is -2.17. The van der Waals surface area contributed by atoms with Crippen LogP contribution in [0.5, 0.6) is 0 Å². The molecule has 0 unspecified atom stereocenters. The molecule has 2 rings (SSSR count). The minimum absolute atomic E-state index is 0.0280. The third-order valence-electron chi connectivity index (χ3n) is 3.10. The van der Waals surface area contributed by atoms with Crippen molar-refractivity contribution in [3.05, 3.63) is 29.8 Å². The van der Waals surface area contributed by atoms with Crippen molar-refractivity contribution < 1.29 is 13.2 Å². The van der Waals surface area contributed by atoms with Gasteiger partial charge in [0.25, 0.3) is 0 Å². The third kappa shape index (κ3) is 3.57. The Labute approximate surface area is 107 Å². The van der Waals surface area contributed by atoms with E-state index in [2.05, 4.69) is 5.32 Å². The Morgan fingerprint density at radius 2 is 2.22 bits per heavy atom. The highest BCUT2D eigenvalue weighted by Gasteiger charge is 2.29. The van der Waals surface area contributed by atoms with E-state index in [9.17, 15) is 13.2 Å². The minimum atomic E-state index is -2.90. The van der Waals surface area contributed by atoms with Crippen LogP contribution in [-0.2, 0) is 14.6 Å². The standard InChI is InChI=1S/C13H17NO3S/c1-10-3-2-4-12(7-10)14-13(15)8-11-5-6-18(16,17)9-11/h2-4,7,11H,5-6,8-9H2,1H3,(H,14,15)/t11-/m1/s1. The number of hydrogen-bond acceptors (Lipinski definition) is 3. The second-order valence-electron chi connectivity index (χ2n) is 4.89. The van der Waals surface area contributed by atoms with Gasteiger partial charge >= 0.3 is 0 Å². The molecule has 1 aliphatic rings. The monoisotopic (exact) mass is 267 g/mol. The first kappa shape index (κ1) is 13.1. The Kier molecular flexibility index (Phi) is 3.71. The highest BCUT2D eigenvalue weighted by molar-refractivity contribution is 7.91. The van der Waals surface area contributed by atoms with Gasteiger partial charge in [0.2, 0.25) is 5.91 Å². The highest BCUT2D eigenvalue weighted by Crippen LogP contribution is 2.22. The van der Waals surface area contributed by atoms with Gasteiger partial charge in [-0.3, -0.25) is 4.79 Å². The van der Waals surface area contributed by atoms with Gasteiger partial charge in [-0.05, 0) is 37.0 Å². The molecule has 1 amide bonds. The third-order valence-corrected chi connectivity index (χ3v) is 4.94. The zero-order valence-corrected chi connectivity index (χ0v) is 11.2. The largest absolute Gasteiger partial charge is 0.326 e. The lowest BCUT2D eigenvalue weighted by atomic mass is 10.0. The molecule has 18 heavy (non-hydrogen) atoms. The highest BCUT2D eigenvalue weighted by atomic mass is 32.2. The molecule has 1 aromatic rings. The smallest absolute Gasteiger partial charge is 0.224 e. The van der Waals surface area contributed by atoms with E-state index in [1.54, 1.807) is 0 Å². The Balaban J connectivity index is 1.90. The van der Waals surface area contributed by atoms with Crippen LogP contribution < -0.4 is 5.32 Å². The van der Waals surface area contributed by atoms with Crippen LogP contribution in [0.4, 0.5) is 5.69 Å². The summed E-state index contributed by atoms with van der Waals surface area (Å²) in [5.41, 5.74) is 1.84. The van der Waals surface area contributed by atoms with E-state index in [0.717, 1.165) is 11.3 Å². The van der Waals surface area contributed by atoms with E-state index in [4.69, 9.17) is 0 Å². The molecule has 0 saturated carbocycles. The number of anilines is 1. The summed E-state index contributed by atoms with van der Waals surface area (Å²) in [6.07, 6.45) is 0.886. The van der Waals surface area contributed by atoms with Gasteiger partial charge in [0.05, 0.1) is 11.5 Å². The predicted molar refractivity (Wildman–Crippen MR) is 71.2 cm³/mol. The first-order chi connectivity index (χ1) is 8.44. The van der Waals surface area contributed by atoms with E-state index in [-0.39, 0.29) is 29.8 Å². The lowest BCUT2D eigenvalue weighted by molar-refractivity contribution is -0.116. The summed E-state index contributed by atoms with van der Waals surface area (Å²) < 4.78 is 22.6. The van der Waals surface area contributed by atoms with Crippen molar-refractivity contribution in [3.63, 3.8) is 0 Å². The SMILES string of the molecule is Cc1cccc(NC(=O)C[C@H]2CCS(=O)(=O)C2)c1. The molecule has 0 radical (unpaired) electrons. The van der Waals surface area contributed by atoms with Crippen molar-refractivity contribution in [1.29, 1.82) is 0 Å². The summed E-state index contributed by atoms with van der Waals surface area (Å²) in [6.45, 7) is 1.96. The number of carbonyl (C=O) groups excluding carboxylic acids is 1. The van der Waals surface area contributed by atoms with Crippen LogP contribution in [-0.4, -0.2) is 25.8 Å². The van der Waals surface area contributed by atoms with E-state index >= 15 is 0 Å². The summed E-state index contributed by atoms with van der Waals surface area (Å²) in [6, 6.07) is 7.56. The summed E-state index contributed by atoms with van der Waals surface area (Å²) in [5, 5.41) is 2.80. The van der Waals surface area contributed by atoms with Gasteiger partial charge in [0.1, 0.15) is 0 Å². The summed E-state index contributed by atoms with van der Waals surface area (Å²) in [4.78, 5) is 11.8. The molecule has 0 bridgehead atoms.